The van der Waals surface area contributed by atoms with Crippen molar-refractivity contribution in [1.29, 1.82) is 0 Å². The lowest BCUT2D eigenvalue weighted by Crippen LogP contribution is -2.26. The van der Waals surface area contributed by atoms with Crippen molar-refractivity contribution in [2.45, 2.75) is 12.8 Å². The van der Waals surface area contributed by atoms with Crippen LogP contribution in [0.5, 0.6) is 0 Å². The second-order valence-corrected chi connectivity index (χ2v) is 4.06. The number of hydrazone groups is 1. The Morgan fingerprint density at radius 2 is 2.07 bits per heavy atom. The highest BCUT2D eigenvalue weighted by molar-refractivity contribution is 6.36. The normalized spacial score (nSPS) is 15.9. The number of halogens is 2. The van der Waals surface area contributed by atoms with Crippen LogP contribution in [-0.2, 0) is 4.79 Å². The maximum atomic E-state index is 10.9. The number of hydrogen-bond donors (Lipinski definition) is 1. The predicted octanol–water partition coefficient (Wildman–Crippen LogP) is 2.61. The van der Waals surface area contributed by atoms with E-state index in [1.807, 2.05) is 0 Å². The SMILES string of the molecule is O=C1CCC(c2cc(Cl)ccc2Cl)=NN1. The van der Waals surface area contributed by atoms with E-state index < -0.39 is 0 Å². The summed E-state index contributed by atoms with van der Waals surface area (Å²) in [4.78, 5) is 10.9. The van der Waals surface area contributed by atoms with Crippen molar-refractivity contribution in [3.63, 3.8) is 0 Å². The Kier molecular flexibility index (Phi) is 2.93. The van der Waals surface area contributed by atoms with Crippen LogP contribution in [0.25, 0.3) is 0 Å². The van der Waals surface area contributed by atoms with Crippen LogP contribution in [0.4, 0.5) is 0 Å². The predicted molar refractivity (Wildman–Crippen MR) is 60.4 cm³/mol. The van der Waals surface area contributed by atoms with E-state index in [4.69, 9.17) is 23.2 Å². The van der Waals surface area contributed by atoms with E-state index in [1.54, 1.807) is 18.2 Å². The molecule has 0 spiro atoms. The van der Waals surface area contributed by atoms with Gasteiger partial charge in [-0.15, -0.1) is 0 Å². The molecule has 5 heteroatoms. The van der Waals surface area contributed by atoms with E-state index in [2.05, 4.69) is 10.5 Å². The van der Waals surface area contributed by atoms with Gasteiger partial charge in [0.1, 0.15) is 0 Å². The molecule has 1 N–H and O–H groups in total. The van der Waals surface area contributed by atoms with E-state index >= 15 is 0 Å². The Labute approximate surface area is 97.1 Å². The van der Waals surface area contributed by atoms with Crippen molar-refractivity contribution >= 4 is 34.8 Å². The summed E-state index contributed by atoms with van der Waals surface area (Å²) >= 11 is 11.9. The first-order valence-corrected chi connectivity index (χ1v) is 5.23. The lowest BCUT2D eigenvalue weighted by Gasteiger charge is -2.13. The van der Waals surface area contributed by atoms with Crippen molar-refractivity contribution in [2.24, 2.45) is 5.10 Å². The van der Waals surface area contributed by atoms with Crippen molar-refractivity contribution < 1.29 is 4.79 Å². The third-order valence-corrected chi connectivity index (χ3v) is 2.71. The molecule has 1 aliphatic heterocycles. The van der Waals surface area contributed by atoms with E-state index in [1.165, 1.54) is 0 Å². The van der Waals surface area contributed by atoms with Crippen molar-refractivity contribution in [2.75, 3.05) is 0 Å². The Morgan fingerprint density at radius 3 is 2.73 bits per heavy atom. The molecular formula is C10H8Cl2N2O. The number of benzene rings is 1. The Morgan fingerprint density at radius 1 is 1.27 bits per heavy atom. The van der Waals surface area contributed by atoms with Gasteiger partial charge in [-0.05, 0) is 18.2 Å². The van der Waals surface area contributed by atoms with Crippen LogP contribution in [0.2, 0.25) is 10.0 Å². The van der Waals surface area contributed by atoms with Gasteiger partial charge in [0.25, 0.3) is 0 Å². The fourth-order valence-electron chi connectivity index (χ4n) is 1.39. The third kappa shape index (κ3) is 2.30. The fraction of sp³-hybridized carbons (Fsp3) is 0.200. The van der Waals surface area contributed by atoms with E-state index in [9.17, 15) is 4.79 Å². The molecule has 0 aromatic heterocycles. The zero-order chi connectivity index (χ0) is 10.8. The number of nitrogens with zero attached hydrogens (tertiary/aromatic N) is 1. The zero-order valence-electron chi connectivity index (χ0n) is 7.76. The van der Waals surface area contributed by atoms with Crippen LogP contribution in [0.15, 0.2) is 23.3 Å². The van der Waals surface area contributed by atoms with Crippen LogP contribution in [0, 0.1) is 0 Å². The standard InChI is InChI=1S/C10H8Cl2N2O/c11-6-1-2-8(12)7(5-6)9-3-4-10(15)14-13-9/h1-2,5H,3-4H2,(H,14,15). The highest BCUT2D eigenvalue weighted by atomic mass is 35.5. The monoisotopic (exact) mass is 242 g/mol. The summed E-state index contributed by atoms with van der Waals surface area (Å²) in [6.45, 7) is 0. The minimum atomic E-state index is -0.0723. The molecule has 0 unspecified atom stereocenters. The van der Waals surface area contributed by atoms with Crippen LogP contribution in [0.1, 0.15) is 18.4 Å². The first kappa shape index (κ1) is 10.5. The maximum Gasteiger partial charge on any atom is 0.240 e. The topological polar surface area (TPSA) is 41.5 Å². The molecule has 1 aromatic rings. The molecule has 1 aromatic carbocycles. The van der Waals surface area contributed by atoms with Gasteiger partial charge in [-0.25, -0.2) is 5.43 Å². The summed E-state index contributed by atoms with van der Waals surface area (Å²) in [7, 11) is 0. The molecule has 0 radical (unpaired) electrons. The van der Waals surface area contributed by atoms with E-state index in [0.29, 0.717) is 22.9 Å². The van der Waals surface area contributed by atoms with Crippen LogP contribution in [0.3, 0.4) is 0 Å². The Balaban J connectivity index is 2.37. The van der Waals surface area contributed by atoms with Gasteiger partial charge in [-0.2, -0.15) is 5.10 Å². The summed E-state index contributed by atoms with van der Waals surface area (Å²) < 4.78 is 0. The molecule has 78 valence electrons. The molecular weight excluding hydrogens is 235 g/mol. The zero-order valence-corrected chi connectivity index (χ0v) is 9.27. The quantitative estimate of drug-likeness (QED) is 0.809. The smallest absolute Gasteiger partial charge is 0.240 e. The molecule has 0 fully saturated rings. The minimum absolute atomic E-state index is 0.0723. The van der Waals surface area contributed by atoms with Crippen LogP contribution >= 0.6 is 23.2 Å². The fourth-order valence-corrected chi connectivity index (χ4v) is 1.79. The lowest BCUT2D eigenvalue weighted by atomic mass is 10.0. The van der Waals surface area contributed by atoms with Gasteiger partial charge in [-0.3, -0.25) is 4.79 Å². The van der Waals surface area contributed by atoms with Gasteiger partial charge in [0.15, 0.2) is 0 Å². The highest BCUT2D eigenvalue weighted by Crippen LogP contribution is 2.23. The highest BCUT2D eigenvalue weighted by Gasteiger charge is 2.15. The lowest BCUT2D eigenvalue weighted by molar-refractivity contribution is -0.121. The summed E-state index contributed by atoms with van der Waals surface area (Å²) in [5, 5.41) is 5.15. The van der Waals surface area contributed by atoms with Gasteiger partial charge in [0.05, 0.1) is 5.71 Å². The molecule has 0 aliphatic carbocycles. The molecule has 0 saturated carbocycles. The number of carbonyl (C=O) groups excluding carboxylic acids is 1. The molecule has 1 aliphatic rings. The summed E-state index contributed by atoms with van der Waals surface area (Å²) in [5.41, 5.74) is 3.97. The molecule has 15 heavy (non-hydrogen) atoms. The first-order chi connectivity index (χ1) is 7.16. The molecule has 0 atom stereocenters. The van der Waals surface area contributed by atoms with E-state index in [0.717, 1.165) is 11.3 Å². The summed E-state index contributed by atoms with van der Waals surface area (Å²) in [6, 6.07) is 5.19. The minimum Gasteiger partial charge on any atom is -0.273 e. The second kappa shape index (κ2) is 4.21. The number of nitrogens with one attached hydrogen (secondary N) is 1. The van der Waals surface area contributed by atoms with Crippen LogP contribution in [-0.4, -0.2) is 11.6 Å². The molecule has 0 bridgehead atoms. The van der Waals surface area contributed by atoms with Gasteiger partial charge < -0.3 is 0 Å². The molecule has 1 amide bonds. The van der Waals surface area contributed by atoms with Gasteiger partial charge in [0.2, 0.25) is 5.91 Å². The molecule has 2 rings (SSSR count). The van der Waals surface area contributed by atoms with Gasteiger partial charge in [0, 0.05) is 28.5 Å². The van der Waals surface area contributed by atoms with E-state index in [-0.39, 0.29) is 5.91 Å². The summed E-state index contributed by atoms with van der Waals surface area (Å²) in [5.74, 6) is -0.0723. The number of carbonyl (C=O) groups is 1. The first-order valence-electron chi connectivity index (χ1n) is 4.47. The van der Waals surface area contributed by atoms with Gasteiger partial charge in [-0.1, -0.05) is 23.2 Å². The average Bonchev–Trinajstić information content (AvgIpc) is 2.23. The molecule has 3 nitrogen and oxygen atoms in total. The van der Waals surface area contributed by atoms with Gasteiger partial charge >= 0.3 is 0 Å². The number of rotatable bonds is 1. The molecule has 1 heterocycles. The second-order valence-electron chi connectivity index (χ2n) is 3.22. The third-order valence-electron chi connectivity index (χ3n) is 2.14. The Hall–Kier alpha value is -1.06. The van der Waals surface area contributed by atoms with Crippen molar-refractivity contribution in [3.05, 3.63) is 33.8 Å². The number of amides is 1. The molecule has 0 saturated heterocycles. The largest absolute Gasteiger partial charge is 0.273 e. The van der Waals surface area contributed by atoms with Crippen LogP contribution < -0.4 is 5.43 Å². The number of hydrogen-bond acceptors (Lipinski definition) is 2. The summed E-state index contributed by atoms with van der Waals surface area (Å²) in [6.07, 6.45) is 1.02. The van der Waals surface area contributed by atoms with Crippen molar-refractivity contribution in [1.82, 2.24) is 5.43 Å². The van der Waals surface area contributed by atoms with Crippen molar-refractivity contribution in [3.8, 4) is 0 Å². The average molecular weight is 243 g/mol. The Bertz CT molecular complexity index is 443. The maximum absolute atomic E-state index is 10.9.